The first-order valence-electron chi connectivity index (χ1n) is 23.7. The highest BCUT2D eigenvalue weighted by Gasteiger charge is 2.23. The first-order valence-corrected chi connectivity index (χ1v) is 15.7. The van der Waals surface area contributed by atoms with Crippen molar-refractivity contribution in [2.24, 2.45) is 0 Å². The lowest BCUT2D eigenvalue weighted by Crippen LogP contribution is -1.93. The van der Waals surface area contributed by atoms with Crippen LogP contribution >= 0.6 is 0 Å². The van der Waals surface area contributed by atoms with Crippen molar-refractivity contribution in [1.29, 1.82) is 0 Å². The van der Waals surface area contributed by atoms with E-state index < -0.39 is 95.4 Å². The average molecular weight is 655 g/mol. The van der Waals surface area contributed by atoms with Crippen LogP contribution in [-0.2, 0) is 0 Å². The van der Waals surface area contributed by atoms with E-state index >= 15 is 0 Å². The highest BCUT2D eigenvalue weighted by atomic mass is 16.4. The van der Waals surface area contributed by atoms with E-state index in [9.17, 15) is 13.3 Å². The molecule has 0 unspecified atom stereocenters. The Morgan fingerprint density at radius 1 is 0.440 bits per heavy atom. The summed E-state index contributed by atoms with van der Waals surface area (Å²) in [6, 6.07) is 12.5. The molecule has 0 bridgehead atoms. The van der Waals surface area contributed by atoms with E-state index in [0.29, 0.717) is 27.1 Å². The first kappa shape index (κ1) is 16.6. The second-order valence-corrected chi connectivity index (χ2v) is 11.7. The standard InChI is InChI=1S/C48H30O2/c49-43-26-25-41(47-40-24-23-32(29-44(40)50-48(43)47)30-13-3-1-4-14-30)45-36-19-9-11-21-38(36)46(39-22-12-10-20-37(39)45)42-28-34(31-15-5-2-6-16-31)27-33-17-7-8-18-35(33)42/h1-29,49H/i2D,5D,6D,7D,8D,15D,16D,17D,18D,23D,24D,25D,26D,27D,28D,29D. The van der Waals surface area contributed by atoms with Gasteiger partial charge in [-0.15, -0.1) is 0 Å². The minimum absolute atomic E-state index is 0.00413. The predicted octanol–water partition coefficient (Wildman–Crippen LogP) is 13.4. The number of aromatic hydroxyl groups is 1. The van der Waals surface area contributed by atoms with Gasteiger partial charge in [0.15, 0.2) is 11.3 Å². The van der Waals surface area contributed by atoms with E-state index in [1.807, 2.05) is 0 Å². The summed E-state index contributed by atoms with van der Waals surface area (Å²) in [5, 5.41) is 12.1. The molecule has 10 rings (SSSR count). The maximum absolute atomic E-state index is 11.5. The van der Waals surface area contributed by atoms with E-state index in [0.717, 1.165) is 0 Å². The average Bonchev–Trinajstić information content (AvgIpc) is 3.72. The smallest absolute Gasteiger partial charge is 0.177 e. The highest BCUT2D eigenvalue weighted by Crippen LogP contribution is 2.49. The molecule has 0 radical (unpaired) electrons. The largest absolute Gasteiger partial charge is 0.504 e. The van der Waals surface area contributed by atoms with Crippen molar-refractivity contribution in [1.82, 2.24) is 0 Å². The van der Waals surface area contributed by atoms with Gasteiger partial charge >= 0.3 is 0 Å². The van der Waals surface area contributed by atoms with Crippen molar-refractivity contribution >= 4 is 54.3 Å². The number of benzene rings is 9. The summed E-state index contributed by atoms with van der Waals surface area (Å²) in [6.45, 7) is 0. The number of phenols is 1. The number of furan rings is 1. The Morgan fingerprint density at radius 3 is 1.80 bits per heavy atom. The summed E-state index contributed by atoms with van der Waals surface area (Å²) in [6.07, 6.45) is 0. The molecule has 0 saturated carbocycles. The fourth-order valence-corrected chi connectivity index (χ4v) is 6.78. The van der Waals surface area contributed by atoms with Crippen LogP contribution in [0.5, 0.6) is 5.75 Å². The first-order chi connectivity index (χ1) is 31.4. The normalized spacial score (nSPS) is 16.2. The number of fused-ring (bicyclic) bond motifs is 6. The molecule has 0 atom stereocenters. The lowest BCUT2D eigenvalue weighted by atomic mass is 9.83. The summed E-state index contributed by atoms with van der Waals surface area (Å²) in [5.74, 6) is -0.720. The maximum atomic E-state index is 11.5. The lowest BCUT2D eigenvalue weighted by molar-refractivity contribution is 0.469. The quantitative estimate of drug-likeness (QED) is 0.192. The molecule has 0 aliphatic carbocycles. The molecule has 50 heavy (non-hydrogen) atoms. The van der Waals surface area contributed by atoms with Gasteiger partial charge in [-0.3, -0.25) is 0 Å². The fraction of sp³-hybridized carbons (Fsp3) is 0. The summed E-state index contributed by atoms with van der Waals surface area (Å²) >= 11 is 0. The highest BCUT2D eigenvalue weighted by molar-refractivity contribution is 6.27. The second-order valence-electron chi connectivity index (χ2n) is 11.7. The zero-order chi connectivity index (χ0) is 47.1. The van der Waals surface area contributed by atoms with Gasteiger partial charge in [0.1, 0.15) is 5.58 Å². The zero-order valence-corrected chi connectivity index (χ0v) is 25.9. The molecule has 0 spiro atoms. The minimum Gasteiger partial charge on any atom is -0.504 e. The molecule has 0 saturated heterocycles. The van der Waals surface area contributed by atoms with Crippen LogP contribution < -0.4 is 0 Å². The molecule has 0 aliphatic rings. The number of phenolic OH excluding ortho intramolecular Hbond substituents is 1. The van der Waals surface area contributed by atoms with Gasteiger partial charge in [-0.1, -0.05) is 139 Å². The van der Waals surface area contributed by atoms with Crippen LogP contribution in [0.25, 0.3) is 98.8 Å². The predicted molar refractivity (Wildman–Crippen MR) is 210 cm³/mol. The second kappa shape index (κ2) is 11.2. The van der Waals surface area contributed by atoms with Crippen molar-refractivity contribution < 1.29 is 31.5 Å². The van der Waals surface area contributed by atoms with Crippen LogP contribution in [0, 0.1) is 0 Å². The number of rotatable bonds is 4. The summed E-state index contributed by atoms with van der Waals surface area (Å²) in [4.78, 5) is 0. The third-order valence-electron chi connectivity index (χ3n) is 8.91. The van der Waals surface area contributed by atoms with Crippen LogP contribution in [0.4, 0.5) is 0 Å². The van der Waals surface area contributed by atoms with E-state index in [1.54, 1.807) is 78.9 Å². The minimum atomic E-state index is -0.740. The molecular weight excluding hydrogens is 609 g/mol. The Labute approximate surface area is 311 Å². The molecule has 2 nitrogen and oxygen atoms in total. The van der Waals surface area contributed by atoms with Gasteiger partial charge in [0.25, 0.3) is 0 Å². The Kier molecular flexibility index (Phi) is 3.74. The molecule has 10 aromatic rings. The van der Waals surface area contributed by atoms with Crippen molar-refractivity contribution in [2.75, 3.05) is 0 Å². The molecule has 9 aromatic carbocycles. The zero-order valence-electron chi connectivity index (χ0n) is 41.9. The van der Waals surface area contributed by atoms with Crippen LogP contribution in [0.3, 0.4) is 0 Å². The van der Waals surface area contributed by atoms with Crippen LogP contribution in [0.15, 0.2) is 180 Å². The van der Waals surface area contributed by atoms with Gasteiger partial charge in [-0.25, -0.2) is 0 Å². The Hall–Kier alpha value is -6.64. The monoisotopic (exact) mass is 654 g/mol. The molecule has 0 amide bonds. The van der Waals surface area contributed by atoms with Gasteiger partial charge in [0.05, 0.1) is 21.9 Å². The molecule has 234 valence electrons. The van der Waals surface area contributed by atoms with E-state index in [2.05, 4.69) is 0 Å². The van der Waals surface area contributed by atoms with Crippen molar-refractivity contribution in [3.05, 3.63) is 176 Å². The fourth-order valence-electron chi connectivity index (χ4n) is 6.78. The third-order valence-corrected chi connectivity index (χ3v) is 8.91. The van der Waals surface area contributed by atoms with Crippen LogP contribution in [0.2, 0.25) is 0 Å². The van der Waals surface area contributed by atoms with Gasteiger partial charge in [-0.05, 0) is 113 Å². The van der Waals surface area contributed by atoms with Crippen molar-refractivity contribution in [3.8, 4) is 50.3 Å². The van der Waals surface area contributed by atoms with Gasteiger partial charge in [0, 0.05) is 10.8 Å². The molecule has 1 heterocycles. The van der Waals surface area contributed by atoms with Crippen molar-refractivity contribution in [2.45, 2.75) is 0 Å². The topological polar surface area (TPSA) is 33.4 Å². The Bertz CT molecular complexity index is 3760. The number of hydrogen-bond donors (Lipinski definition) is 1. The van der Waals surface area contributed by atoms with E-state index in [4.69, 9.17) is 18.1 Å². The third kappa shape index (κ3) is 4.36. The summed E-state index contributed by atoms with van der Waals surface area (Å²) < 4.78 is 150. The van der Waals surface area contributed by atoms with Crippen LogP contribution in [0.1, 0.15) is 21.9 Å². The molecule has 1 N–H and O–H groups in total. The maximum Gasteiger partial charge on any atom is 0.177 e. The molecule has 2 heteroatoms. The Morgan fingerprint density at radius 2 is 1.08 bits per heavy atom. The SMILES string of the molecule is [2H]c1c([2H])c([2H])c(-c2c([2H])c(-c3c4ccccc4c(-c4c([2H])c([2H])c(O)c5oc6c([2H])c(-c7ccccc7)c([2H])c([2H])c6c45)c4ccccc34)c3c([2H])c([2H])c([2H])c([2H])c3c2[2H])c([2H])c1[2H]. The summed E-state index contributed by atoms with van der Waals surface area (Å²) in [7, 11) is 0. The van der Waals surface area contributed by atoms with Gasteiger partial charge < -0.3 is 9.52 Å². The van der Waals surface area contributed by atoms with Gasteiger partial charge in [-0.2, -0.15) is 0 Å². The molecule has 1 aromatic heterocycles. The van der Waals surface area contributed by atoms with E-state index in [-0.39, 0.29) is 78.7 Å². The molecule has 0 aliphatic heterocycles. The lowest BCUT2D eigenvalue weighted by Gasteiger charge is -2.20. The summed E-state index contributed by atoms with van der Waals surface area (Å²) in [5.41, 5.74) is -0.535. The van der Waals surface area contributed by atoms with Crippen molar-refractivity contribution in [3.63, 3.8) is 0 Å². The van der Waals surface area contributed by atoms with Gasteiger partial charge in [0.2, 0.25) is 0 Å². The van der Waals surface area contributed by atoms with E-state index in [1.165, 1.54) is 0 Å². The Balaban J connectivity index is 1.43. The number of hydrogen-bond acceptors (Lipinski definition) is 2. The molecular formula is C48H30O2. The van der Waals surface area contributed by atoms with Crippen LogP contribution in [-0.4, -0.2) is 5.11 Å². The molecule has 0 fully saturated rings.